The molecule has 0 unspecified atom stereocenters. The summed E-state index contributed by atoms with van der Waals surface area (Å²) in [5.41, 5.74) is 0.968. The number of nitrogens with zero attached hydrogens (tertiary/aromatic N) is 1. The fourth-order valence-electron chi connectivity index (χ4n) is 3.28. The maximum atomic E-state index is 12.4. The monoisotopic (exact) mass is 456 g/mol. The van der Waals surface area contributed by atoms with Gasteiger partial charge in [-0.3, -0.25) is 4.79 Å². The van der Waals surface area contributed by atoms with Crippen molar-refractivity contribution >= 4 is 38.9 Å². The van der Waals surface area contributed by atoms with Gasteiger partial charge in [0.1, 0.15) is 9.96 Å². The number of carbonyl (C=O) groups excluding carboxylic acids is 1. The Morgan fingerprint density at radius 3 is 2.72 bits per heavy atom. The average Bonchev–Trinajstić information content (AvgIpc) is 3.22. The lowest BCUT2D eigenvalue weighted by Gasteiger charge is -2.32. The zero-order valence-corrected chi connectivity index (χ0v) is 18.7. The van der Waals surface area contributed by atoms with Crippen molar-refractivity contribution < 1.29 is 17.9 Å². The average molecular weight is 457 g/mol. The van der Waals surface area contributed by atoms with Gasteiger partial charge < -0.3 is 9.64 Å². The van der Waals surface area contributed by atoms with Gasteiger partial charge in [-0.15, -0.1) is 11.3 Å². The van der Waals surface area contributed by atoms with Gasteiger partial charge in [0, 0.05) is 30.6 Å². The summed E-state index contributed by atoms with van der Waals surface area (Å²) in [5, 5.41) is 2.42. The van der Waals surface area contributed by atoms with Crippen molar-refractivity contribution in [3.63, 3.8) is 0 Å². The Bertz CT molecular complexity index is 924. The second-order valence-corrected chi connectivity index (χ2v) is 10.4. The van der Waals surface area contributed by atoms with Gasteiger partial charge >= 0.3 is 0 Å². The van der Waals surface area contributed by atoms with Gasteiger partial charge in [0.25, 0.3) is 0 Å². The number of ether oxygens (including phenoxy) is 1. The fourth-order valence-corrected chi connectivity index (χ4v) is 5.82. The molecule has 1 fully saturated rings. The molecular weight excluding hydrogens is 432 g/mol. The van der Waals surface area contributed by atoms with Gasteiger partial charge in [0.15, 0.2) is 0 Å². The van der Waals surface area contributed by atoms with Crippen molar-refractivity contribution in [2.45, 2.75) is 42.9 Å². The molecule has 3 rings (SSSR count). The third kappa shape index (κ3) is 6.18. The van der Waals surface area contributed by atoms with E-state index in [0.717, 1.165) is 11.3 Å². The number of thiophene rings is 1. The zero-order valence-electron chi connectivity index (χ0n) is 16.3. The van der Waals surface area contributed by atoms with E-state index in [1.807, 2.05) is 24.0 Å². The number of nitrogens with one attached hydrogen (secondary N) is 1. The Labute approximate surface area is 180 Å². The first-order valence-corrected chi connectivity index (χ1v) is 12.3. The molecule has 0 radical (unpaired) electrons. The first-order valence-electron chi connectivity index (χ1n) is 9.58. The molecule has 1 saturated heterocycles. The lowest BCUT2D eigenvalue weighted by molar-refractivity contribution is -0.132. The summed E-state index contributed by atoms with van der Waals surface area (Å²) < 4.78 is 33.4. The highest BCUT2D eigenvalue weighted by Gasteiger charge is 2.26. The zero-order chi connectivity index (χ0) is 20.9. The number of sulfonamides is 1. The van der Waals surface area contributed by atoms with E-state index in [4.69, 9.17) is 16.3 Å². The van der Waals surface area contributed by atoms with Gasteiger partial charge in [0.2, 0.25) is 15.9 Å². The highest BCUT2D eigenvalue weighted by molar-refractivity contribution is 7.91. The number of carbonyl (C=O) groups is 1. The summed E-state index contributed by atoms with van der Waals surface area (Å²) in [6.07, 6.45) is 2.29. The first-order chi connectivity index (χ1) is 13.8. The Morgan fingerprint density at radius 2 is 2.07 bits per heavy atom. The van der Waals surface area contributed by atoms with Crippen LogP contribution in [0.4, 0.5) is 0 Å². The summed E-state index contributed by atoms with van der Waals surface area (Å²) in [6, 6.07) is 8.65. The molecule has 2 aromatic rings. The summed E-state index contributed by atoms with van der Waals surface area (Å²) >= 11 is 7.14. The van der Waals surface area contributed by atoms with Crippen molar-refractivity contribution in [2.75, 3.05) is 19.7 Å². The Kier molecular flexibility index (Phi) is 7.56. The summed E-state index contributed by atoms with van der Waals surface area (Å²) in [7, 11) is -3.46. The Balaban J connectivity index is 1.37. The van der Waals surface area contributed by atoms with Crippen LogP contribution in [0.1, 0.15) is 31.2 Å². The minimum Gasteiger partial charge on any atom is -0.493 e. The normalized spacial score (nSPS) is 15.4. The molecule has 1 aromatic heterocycles. The van der Waals surface area contributed by atoms with Crippen LogP contribution < -0.4 is 9.46 Å². The molecule has 1 aliphatic heterocycles. The maximum Gasteiger partial charge on any atom is 0.250 e. The van der Waals surface area contributed by atoms with Gasteiger partial charge in [-0.1, -0.05) is 17.7 Å². The number of piperidine rings is 1. The van der Waals surface area contributed by atoms with E-state index < -0.39 is 10.0 Å². The predicted octanol–water partition coefficient (Wildman–Crippen LogP) is 3.84. The van der Waals surface area contributed by atoms with Crippen molar-refractivity contribution in [1.29, 1.82) is 0 Å². The molecule has 1 aromatic carbocycles. The summed E-state index contributed by atoms with van der Waals surface area (Å²) in [4.78, 5) is 14.2. The molecule has 0 atom stereocenters. The lowest BCUT2D eigenvalue weighted by atomic mass is 10.1. The van der Waals surface area contributed by atoms with E-state index in [-0.39, 0.29) is 11.9 Å². The number of hydrogen-bond donors (Lipinski definition) is 1. The quantitative estimate of drug-likeness (QED) is 0.612. The highest BCUT2D eigenvalue weighted by atomic mass is 35.5. The maximum absolute atomic E-state index is 12.4. The second kappa shape index (κ2) is 9.93. The molecule has 0 aliphatic carbocycles. The molecule has 0 bridgehead atoms. The van der Waals surface area contributed by atoms with E-state index >= 15 is 0 Å². The van der Waals surface area contributed by atoms with E-state index in [1.54, 1.807) is 23.6 Å². The molecule has 1 N–H and O–H groups in total. The van der Waals surface area contributed by atoms with Gasteiger partial charge in [-0.05, 0) is 61.4 Å². The van der Waals surface area contributed by atoms with Crippen LogP contribution in [0.3, 0.4) is 0 Å². The number of benzene rings is 1. The standard InChI is InChI=1S/C20H25ClN2O4S2/c1-15-14-16(21)6-7-18(15)27-12-2-4-19(24)23-10-8-17(9-11-23)22-29(25,26)20-5-3-13-28-20/h3,5-7,13-14,17,22H,2,4,8-12H2,1H3. The van der Waals surface area contributed by atoms with Gasteiger partial charge in [0.05, 0.1) is 6.61 Å². The largest absolute Gasteiger partial charge is 0.493 e. The second-order valence-electron chi connectivity index (χ2n) is 7.07. The number of amides is 1. The van der Waals surface area contributed by atoms with E-state index in [2.05, 4.69) is 4.72 Å². The molecule has 0 spiro atoms. The van der Waals surface area contributed by atoms with Gasteiger partial charge in [-0.2, -0.15) is 0 Å². The molecule has 158 valence electrons. The van der Waals surface area contributed by atoms with Crippen LogP contribution in [0.2, 0.25) is 5.02 Å². The number of hydrogen-bond acceptors (Lipinski definition) is 5. The lowest BCUT2D eigenvalue weighted by Crippen LogP contribution is -2.46. The minimum atomic E-state index is -3.46. The molecule has 29 heavy (non-hydrogen) atoms. The van der Waals surface area contributed by atoms with E-state index in [0.29, 0.717) is 54.6 Å². The van der Waals surface area contributed by atoms with Crippen LogP contribution >= 0.6 is 22.9 Å². The van der Waals surface area contributed by atoms with Crippen LogP contribution in [-0.2, 0) is 14.8 Å². The molecule has 1 aliphatic rings. The van der Waals surface area contributed by atoms with Crippen LogP contribution in [0.5, 0.6) is 5.75 Å². The van der Waals surface area contributed by atoms with Crippen LogP contribution in [0.15, 0.2) is 39.9 Å². The molecule has 2 heterocycles. The molecule has 0 saturated carbocycles. The molecule has 9 heteroatoms. The van der Waals surface area contributed by atoms with Crippen molar-refractivity contribution in [1.82, 2.24) is 9.62 Å². The Morgan fingerprint density at radius 1 is 1.31 bits per heavy atom. The van der Waals surface area contributed by atoms with Crippen LogP contribution in [0, 0.1) is 6.92 Å². The fraction of sp³-hybridized carbons (Fsp3) is 0.450. The summed E-state index contributed by atoms with van der Waals surface area (Å²) in [5.74, 6) is 0.863. The number of halogens is 1. The SMILES string of the molecule is Cc1cc(Cl)ccc1OCCCC(=O)N1CCC(NS(=O)(=O)c2cccs2)CC1. The smallest absolute Gasteiger partial charge is 0.250 e. The third-order valence-electron chi connectivity index (χ3n) is 4.86. The van der Waals surface area contributed by atoms with E-state index in [1.165, 1.54) is 11.3 Å². The van der Waals surface area contributed by atoms with Crippen LogP contribution in [0.25, 0.3) is 0 Å². The minimum absolute atomic E-state index is 0.0843. The number of rotatable bonds is 8. The number of aryl methyl sites for hydroxylation is 1. The topological polar surface area (TPSA) is 75.7 Å². The van der Waals surface area contributed by atoms with Crippen molar-refractivity contribution in [2.24, 2.45) is 0 Å². The van der Waals surface area contributed by atoms with Gasteiger partial charge in [-0.25, -0.2) is 13.1 Å². The van der Waals surface area contributed by atoms with Crippen LogP contribution in [-0.4, -0.2) is 45.0 Å². The van der Waals surface area contributed by atoms with Crippen molar-refractivity contribution in [3.8, 4) is 5.75 Å². The third-order valence-corrected chi connectivity index (χ3v) is 8.01. The molecule has 6 nitrogen and oxygen atoms in total. The highest BCUT2D eigenvalue weighted by Crippen LogP contribution is 2.22. The predicted molar refractivity (Wildman–Crippen MR) is 115 cm³/mol. The van der Waals surface area contributed by atoms with Crippen molar-refractivity contribution in [3.05, 3.63) is 46.3 Å². The first kappa shape index (κ1) is 22.1. The Hall–Kier alpha value is -1.61. The number of likely N-dealkylation sites (tertiary alicyclic amines) is 1. The molecule has 1 amide bonds. The molecular formula is C20H25ClN2O4S2. The summed E-state index contributed by atoms with van der Waals surface area (Å²) in [6.45, 7) is 3.52. The van der Waals surface area contributed by atoms with E-state index in [9.17, 15) is 13.2 Å².